The summed E-state index contributed by atoms with van der Waals surface area (Å²) in [6.07, 6.45) is 0. The molecule has 0 aromatic heterocycles. The Morgan fingerprint density at radius 1 is 1.28 bits per heavy atom. The van der Waals surface area contributed by atoms with Crippen LogP contribution >= 0.6 is 11.6 Å². The van der Waals surface area contributed by atoms with Crippen molar-refractivity contribution in [3.05, 3.63) is 64.4 Å². The minimum Gasteiger partial charge on any atom is -0.348 e. The maximum absolute atomic E-state index is 13.6. The number of amides is 1. The summed E-state index contributed by atoms with van der Waals surface area (Å²) in [5.41, 5.74) is 0.389. The number of halogens is 2. The van der Waals surface area contributed by atoms with Gasteiger partial charge in [0.15, 0.2) is 0 Å². The second-order valence-electron chi connectivity index (χ2n) is 5.02. The van der Waals surface area contributed by atoms with Crippen LogP contribution in [0, 0.1) is 5.82 Å². The van der Waals surface area contributed by atoms with E-state index in [0.717, 1.165) is 6.07 Å². The maximum Gasteiger partial charge on any atom is 0.266 e. The number of nitrogens with zero attached hydrogens (tertiary/aromatic N) is 1. The summed E-state index contributed by atoms with van der Waals surface area (Å²) in [6.45, 7) is -0.0335. The van der Waals surface area contributed by atoms with Crippen LogP contribution in [0.25, 0.3) is 0 Å². The second-order valence-corrected chi connectivity index (χ2v) is 7.33. The molecule has 0 saturated carbocycles. The predicted molar refractivity (Wildman–Crippen MR) is 91.0 cm³/mol. The molecule has 0 aliphatic rings. The van der Waals surface area contributed by atoms with Gasteiger partial charge in [0.05, 0.1) is 12.1 Å². The zero-order valence-electron chi connectivity index (χ0n) is 13.5. The predicted octanol–water partition coefficient (Wildman–Crippen LogP) is 2.59. The molecule has 0 fully saturated rings. The van der Waals surface area contributed by atoms with Crippen molar-refractivity contribution in [2.45, 2.75) is 11.4 Å². The van der Waals surface area contributed by atoms with E-state index < -0.39 is 21.7 Å². The molecule has 6 nitrogen and oxygen atoms in total. The van der Waals surface area contributed by atoms with Gasteiger partial charge in [-0.15, -0.1) is 0 Å². The molecule has 25 heavy (non-hydrogen) atoms. The van der Waals surface area contributed by atoms with Gasteiger partial charge in [0.2, 0.25) is 0 Å². The molecule has 9 heteroatoms. The summed E-state index contributed by atoms with van der Waals surface area (Å²) in [5.74, 6) is -1.000. The van der Waals surface area contributed by atoms with Crippen molar-refractivity contribution < 1.29 is 22.4 Å². The number of benzene rings is 2. The molecule has 0 atom stereocenters. The lowest BCUT2D eigenvalue weighted by atomic mass is 10.2. The summed E-state index contributed by atoms with van der Waals surface area (Å²) in [4.78, 5) is 16.7. The molecule has 0 bridgehead atoms. The van der Waals surface area contributed by atoms with Gasteiger partial charge in [-0.1, -0.05) is 34.3 Å². The van der Waals surface area contributed by atoms with Gasteiger partial charge in [-0.3, -0.25) is 9.63 Å². The van der Waals surface area contributed by atoms with Crippen LogP contribution in [0.2, 0.25) is 5.02 Å². The van der Waals surface area contributed by atoms with Crippen molar-refractivity contribution in [1.82, 2.24) is 9.79 Å². The highest BCUT2D eigenvalue weighted by Crippen LogP contribution is 2.25. The molecule has 0 aliphatic heterocycles. The fourth-order valence-electron chi connectivity index (χ4n) is 2.00. The Morgan fingerprint density at radius 3 is 2.60 bits per heavy atom. The SMILES string of the molecule is CON(C)S(=O)(=O)c1cc(C(=O)NCc2ccccc2F)ccc1Cl. The molecular weight excluding hydrogens is 371 g/mol. The first-order chi connectivity index (χ1) is 11.8. The van der Waals surface area contributed by atoms with Crippen LogP contribution in [0.1, 0.15) is 15.9 Å². The minimum absolute atomic E-state index is 0.0335. The Balaban J connectivity index is 2.24. The van der Waals surface area contributed by atoms with Gasteiger partial charge in [-0.05, 0) is 24.3 Å². The molecule has 0 spiro atoms. The Morgan fingerprint density at radius 2 is 1.96 bits per heavy atom. The van der Waals surface area contributed by atoms with Gasteiger partial charge in [0.1, 0.15) is 10.7 Å². The lowest BCUT2D eigenvalue weighted by Crippen LogP contribution is -2.27. The number of hydrogen-bond donors (Lipinski definition) is 1. The largest absolute Gasteiger partial charge is 0.348 e. The lowest BCUT2D eigenvalue weighted by molar-refractivity contribution is -0.0258. The summed E-state index contributed by atoms with van der Waals surface area (Å²) in [6, 6.07) is 9.85. The molecule has 0 aliphatic carbocycles. The molecule has 1 N–H and O–H groups in total. The van der Waals surface area contributed by atoms with E-state index >= 15 is 0 Å². The van der Waals surface area contributed by atoms with Crippen LogP contribution in [-0.4, -0.2) is 33.0 Å². The topological polar surface area (TPSA) is 75.7 Å². The van der Waals surface area contributed by atoms with Crippen molar-refractivity contribution >= 4 is 27.5 Å². The van der Waals surface area contributed by atoms with Crippen molar-refractivity contribution in [2.75, 3.05) is 14.2 Å². The number of nitrogens with one attached hydrogen (secondary N) is 1. The molecule has 0 saturated heterocycles. The molecule has 134 valence electrons. The van der Waals surface area contributed by atoms with Gasteiger partial charge in [-0.2, -0.15) is 0 Å². The van der Waals surface area contributed by atoms with E-state index in [2.05, 4.69) is 10.2 Å². The zero-order chi connectivity index (χ0) is 18.6. The molecule has 0 unspecified atom stereocenters. The van der Waals surface area contributed by atoms with Crippen molar-refractivity contribution in [3.63, 3.8) is 0 Å². The third-order valence-electron chi connectivity index (χ3n) is 3.46. The fraction of sp³-hybridized carbons (Fsp3) is 0.188. The molecular formula is C16H16ClFN2O4S. The van der Waals surface area contributed by atoms with E-state index in [-0.39, 0.29) is 22.0 Å². The van der Waals surface area contributed by atoms with E-state index in [1.165, 1.54) is 32.4 Å². The monoisotopic (exact) mass is 386 g/mol. The summed E-state index contributed by atoms with van der Waals surface area (Å²) in [7, 11) is -1.61. The first kappa shape index (κ1) is 19.3. The molecule has 2 rings (SSSR count). The van der Waals surface area contributed by atoms with Gasteiger partial charge in [0.25, 0.3) is 15.9 Å². The highest BCUT2D eigenvalue weighted by molar-refractivity contribution is 7.89. The third kappa shape index (κ3) is 4.35. The Kier molecular flexibility index (Phi) is 6.12. The van der Waals surface area contributed by atoms with Crippen molar-refractivity contribution in [3.8, 4) is 0 Å². The van der Waals surface area contributed by atoms with Crippen LogP contribution in [0.15, 0.2) is 47.4 Å². The molecule has 2 aromatic carbocycles. The van der Waals surface area contributed by atoms with E-state index in [0.29, 0.717) is 10.0 Å². The van der Waals surface area contributed by atoms with Crippen molar-refractivity contribution in [1.29, 1.82) is 0 Å². The number of hydroxylamine groups is 1. The third-order valence-corrected chi connectivity index (χ3v) is 5.63. The average Bonchev–Trinajstić information content (AvgIpc) is 2.60. The molecule has 0 radical (unpaired) electrons. The number of carbonyl (C=O) groups excluding carboxylic acids is 1. The minimum atomic E-state index is -4.01. The van der Waals surface area contributed by atoms with Crippen LogP contribution < -0.4 is 5.32 Å². The summed E-state index contributed by atoms with van der Waals surface area (Å²) >= 11 is 5.94. The van der Waals surface area contributed by atoms with E-state index in [1.807, 2.05) is 0 Å². The zero-order valence-corrected chi connectivity index (χ0v) is 15.1. The smallest absolute Gasteiger partial charge is 0.266 e. The first-order valence-corrected chi connectivity index (χ1v) is 8.93. The number of hydrogen-bond acceptors (Lipinski definition) is 4. The van der Waals surface area contributed by atoms with Crippen LogP contribution in [0.5, 0.6) is 0 Å². The summed E-state index contributed by atoms with van der Waals surface area (Å²) < 4.78 is 38.8. The van der Waals surface area contributed by atoms with Gasteiger partial charge in [0, 0.05) is 24.7 Å². The number of carbonyl (C=O) groups is 1. The quantitative estimate of drug-likeness (QED) is 0.774. The highest BCUT2D eigenvalue weighted by Gasteiger charge is 2.25. The van der Waals surface area contributed by atoms with Gasteiger partial charge >= 0.3 is 0 Å². The number of rotatable bonds is 6. The summed E-state index contributed by atoms with van der Waals surface area (Å²) in [5, 5.41) is 2.49. The van der Waals surface area contributed by atoms with E-state index in [1.54, 1.807) is 18.2 Å². The standard InChI is InChI=1S/C16H16ClFN2O4S/c1-20(24-2)25(22,23)15-9-11(7-8-13(15)17)16(21)19-10-12-5-3-4-6-14(12)18/h3-9H,10H2,1-2H3,(H,19,21). The molecule has 1 amide bonds. The highest BCUT2D eigenvalue weighted by atomic mass is 35.5. The molecule has 2 aromatic rings. The molecule has 0 heterocycles. The average molecular weight is 387 g/mol. The fourth-order valence-corrected chi connectivity index (χ4v) is 3.47. The maximum atomic E-state index is 13.6. The lowest BCUT2D eigenvalue weighted by Gasteiger charge is -2.16. The normalized spacial score (nSPS) is 11.6. The van der Waals surface area contributed by atoms with Gasteiger partial charge < -0.3 is 5.32 Å². The van der Waals surface area contributed by atoms with E-state index in [4.69, 9.17) is 11.6 Å². The number of sulfonamides is 1. The second kappa shape index (κ2) is 7.92. The van der Waals surface area contributed by atoms with E-state index in [9.17, 15) is 17.6 Å². The Hall–Kier alpha value is -2.00. The Labute approximate surface area is 150 Å². The Bertz CT molecular complexity index is 889. The van der Waals surface area contributed by atoms with Crippen LogP contribution in [0.3, 0.4) is 0 Å². The van der Waals surface area contributed by atoms with Gasteiger partial charge in [-0.25, -0.2) is 12.8 Å². The van der Waals surface area contributed by atoms with Crippen LogP contribution in [-0.2, 0) is 21.4 Å². The van der Waals surface area contributed by atoms with Crippen LogP contribution in [0.4, 0.5) is 4.39 Å². The first-order valence-electron chi connectivity index (χ1n) is 7.11. The van der Waals surface area contributed by atoms with Crippen molar-refractivity contribution in [2.24, 2.45) is 0 Å².